The van der Waals surface area contributed by atoms with Crippen LogP contribution in [-0.2, 0) is 11.3 Å². The Bertz CT molecular complexity index is 889. The molecule has 1 fully saturated rings. The van der Waals surface area contributed by atoms with E-state index in [1.807, 2.05) is 56.9 Å². The van der Waals surface area contributed by atoms with Crippen LogP contribution in [0.2, 0.25) is 0 Å². The lowest BCUT2D eigenvalue weighted by atomic mass is 10.0. The molecule has 0 spiro atoms. The second-order valence-corrected chi connectivity index (χ2v) is 7.93. The number of aryl methyl sites for hydroxylation is 1. The normalized spacial score (nSPS) is 15.0. The molecule has 0 unspecified atom stereocenters. The first-order chi connectivity index (χ1) is 12.7. The van der Waals surface area contributed by atoms with E-state index in [1.165, 1.54) is 4.90 Å². The maximum Gasteiger partial charge on any atom is 0.408 e. The van der Waals surface area contributed by atoms with Gasteiger partial charge in [0.25, 0.3) is 0 Å². The van der Waals surface area contributed by atoms with Crippen molar-refractivity contribution in [3.05, 3.63) is 35.4 Å². The number of hydrogen-bond donors (Lipinski definition) is 2. The molecule has 1 saturated heterocycles. The third kappa shape index (κ3) is 3.97. The van der Waals surface area contributed by atoms with Gasteiger partial charge in [0, 0.05) is 29.6 Å². The topological polar surface area (TPSA) is 85.8 Å². The number of carboxylic acid groups (broad SMARTS) is 1. The van der Waals surface area contributed by atoms with Crippen LogP contribution in [0.3, 0.4) is 0 Å². The molecule has 144 valence electrons. The number of amides is 2. The van der Waals surface area contributed by atoms with Gasteiger partial charge >= 0.3 is 6.09 Å². The highest BCUT2D eigenvalue weighted by Crippen LogP contribution is 2.29. The van der Waals surface area contributed by atoms with Crippen molar-refractivity contribution < 1.29 is 14.7 Å². The third-order valence-corrected chi connectivity index (χ3v) is 4.81. The minimum atomic E-state index is -0.978. The first-order valence-electron chi connectivity index (χ1n) is 9.08. The number of rotatable bonds is 3. The van der Waals surface area contributed by atoms with Crippen molar-refractivity contribution in [2.45, 2.75) is 39.8 Å². The van der Waals surface area contributed by atoms with Crippen molar-refractivity contribution in [3.63, 3.8) is 0 Å². The predicted molar refractivity (Wildman–Crippen MR) is 105 cm³/mol. The largest absolute Gasteiger partial charge is 0.465 e. The Kier molecular flexibility index (Phi) is 4.95. The number of aromatic nitrogens is 1. The molecule has 2 amide bonds. The van der Waals surface area contributed by atoms with Gasteiger partial charge < -0.3 is 15.3 Å². The highest BCUT2D eigenvalue weighted by atomic mass is 16.4. The molecular formula is C20H26N4O3. The molecule has 0 aliphatic carbocycles. The zero-order valence-electron chi connectivity index (χ0n) is 16.2. The minimum absolute atomic E-state index is 0.0511. The lowest BCUT2D eigenvalue weighted by Crippen LogP contribution is -2.49. The van der Waals surface area contributed by atoms with E-state index in [2.05, 4.69) is 5.32 Å². The molecule has 0 bridgehead atoms. The van der Waals surface area contributed by atoms with Crippen LogP contribution in [0.4, 0.5) is 10.6 Å². The Hall–Kier alpha value is -2.83. The molecule has 2 heterocycles. The maximum atomic E-state index is 11.9. The lowest BCUT2D eigenvalue weighted by molar-refractivity contribution is -0.120. The fraction of sp³-hybridized carbons (Fsp3) is 0.450. The SMILES string of the molecule is Cc1cccc2cc(CN(C(=O)O)C(C)(C)C)c(N3CCNC(=O)C3)nc12. The molecule has 2 aromatic rings. The Morgan fingerprint density at radius 2 is 2.11 bits per heavy atom. The summed E-state index contributed by atoms with van der Waals surface area (Å²) in [5, 5.41) is 13.5. The van der Waals surface area contributed by atoms with E-state index >= 15 is 0 Å². The number of anilines is 1. The van der Waals surface area contributed by atoms with E-state index in [1.54, 1.807) is 0 Å². The van der Waals surface area contributed by atoms with Gasteiger partial charge in [-0.2, -0.15) is 0 Å². The van der Waals surface area contributed by atoms with Gasteiger partial charge in [-0.25, -0.2) is 9.78 Å². The van der Waals surface area contributed by atoms with E-state index in [4.69, 9.17) is 4.98 Å². The first-order valence-corrected chi connectivity index (χ1v) is 9.08. The number of carbonyl (C=O) groups excluding carboxylic acids is 1. The molecule has 1 aromatic carbocycles. The fourth-order valence-corrected chi connectivity index (χ4v) is 3.35. The molecule has 7 heteroatoms. The number of piperazine rings is 1. The average Bonchev–Trinajstić information content (AvgIpc) is 2.58. The van der Waals surface area contributed by atoms with Crippen LogP contribution in [0.25, 0.3) is 10.9 Å². The maximum absolute atomic E-state index is 11.9. The number of hydrogen-bond acceptors (Lipinski definition) is 4. The number of pyridine rings is 1. The summed E-state index contributed by atoms with van der Waals surface area (Å²) in [7, 11) is 0. The average molecular weight is 370 g/mol. The van der Waals surface area contributed by atoms with Crippen molar-refractivity contribution in [1.29, 1.82) is 0 Å². The monoisotopic (exact) mass is 370 g/mol. The highest BCUT2D eigenvalue weighted by molar-refractivity contribution is 5.87. The molecule has 1 aromatic heterocycles. The summed E-state index contributed by atoms with van der Waals surface area (Å²) in [6.45, 7) is 9.23. The Balaban J connectivity index is 2.12. The van der Waals surface area contributed by atoms with Crippen LogP contribution >= 0.6 is 0 Å². The van der Waals surface area contributed by atoms with Crippen molar-refractivity contribution in [2.24, 2.45) is 0 Å². The van der Waals surface area contributed by atoms with Crippen LogP contribution in [0.1, 0.15) is 31.9 Å². The molecule has 1 aliphatic rings. The summed E-state index contributed by atoms with van der Waals surface area (Å²) in [6.07, 6.45) is -0.978. The number of para-hydroxylation sites is 1. The Labute approximate surface area is 159 Å². The highest BCUT2D eigenvalue weighted by Gasteiger charge is 2.29. The number of nitrogens with one attached hydrogen (secondary N) is 1. The third-order valence-electron chi connectivity index (χ3n) is 4.81. The smallest absolute Gasteiger partial charge is 0.408 e. The molecule has 0 atom stereocenters. The van der Waals surface area contributed by atoms with Gasteiger partial charge in [0.05, 0.1) is 18.6 Å². The van der Waals surface area contributed by atoms with Crippen molar-refractivity contribution in [2.75, 3.05) is 24.5 Å². The second kappa shape index (κ2) is 7.06. The summed E-state index contributed by atoms with van der Waals surface area (Å²) >= 11 is 0. The first kappa shape index (κ1) is 18.9. The van der Waals surface area contributed by atoms with E-state index in [0.29, 0.717) is 18.9 Å². The molecule has 1 aliphatic heterocycles. The number of benzene rings is 1. The lowest BCUT2D eigenvalue weighted by Gasteiger charge is -2.35. The van der Waals surface area contributed by atoms with E-state index in [0.717, 1.165) is 22.0 Å². The van der Waals surface area contributed by atoms with E-state index in [9.17, 15) is 14.7 Å². The van der Waals surface area contributed by atoms with Crippen LogP contribution in [0.5, 0.6) is 0 Å². The molecule has 7 nitrogen and oxygen atoms in total. The minimum Gasteiger partial charge on any atom is -0.465 e. The Morgan fingerprint density at radius 3 is 2.74 bits per heavy atom. The molecular weight excluding hydrogens is 344 g/mol. The van der Waals surface area contributed by atoms with Crippen molar-refractivity contribution in [3.8, 4) is 0 Å². The van der Waals surface area contributed by atoms with Crippen LogP contribution in [0, 0.1) is 6.92 Å². The van der Waals surface area contributed by atoms with Crippen LogP contribution in [-0.4, -0.2) is 52.2 Å². The number of nitrogens with zero attached hydrogens (tertiary/aromatic N) is 3. The summed E-state index contributed by atoms with van der Waals surface area (Å²) in [6, 6.07) is 7.95. The standard InChI is InChI=1S/C20H26N4O3/c1-13-6-5-7-14-10-15(11-24(19(26)27)20(2,3)4)18(22-17(13)14)23-9-8-21-16(25)12-23/h5-7,10H,8-9,11-12H2,1-4H3,(H,21,25)(H,26,27). The molecule has 3 rings (SSSR count). The van der Waals surface area contributed by atoms with E-state index in [-0.39, 0.29) is 19.0 Å². The van der Waals surface area contributed by atoms with Gasteiger partial charge in [-0.05, 0) is 39.3 Å². The van der Waals surface area contributed by atoms with Gasteiger partial charge in [-0.3, -0.25) is 9.69 Å². The number of fused-ring (bicyclic) bond motifs is 1. The molecule has 0 radical (unpaired) electrons. The molecule has 0 saturated carbocycles. The summed E-state index contributed by atoms with van der Waals surface area (Å²) in [5.74, 6) is 0.631. The summed E-state index contributed by atoms with van der Waals surface area (Å²) < 4.78 is 0. The van der Waals surface area contributed by atoms with Crippen molar-refractivity contribution in [1.82, 2.24) is 15.2 Å². The molecule has 27 heavy (non-hydrogen) atoms. The van der Waals surface area contributed by atoms with Gasteiger partial charge in [-0.15, -0.1) is 0 Å². The van der Waals surface area contributed by atoms with Gasteiger partial charge in [0.1, 0.15) is 5.82 Å². The Morgan fingerprint density at radius 1 is 1.37 bits per heavy atom. The van der Waals surface area contributed by atoms with Crippen molar-refractivity contribution >= 4 is 28.7 Å². The fourth-order valence-electron chi connectivity index (χ4n) is 3.35. The molecule has 2 N–H and O–H groups in total. The zero-order chi connectivity index (χ0) is 19.8. The predicted octanol–water partition coefficient (Wildman–Crippen LogP) is 2.76. The zero-order valence-corrected chi connectivity index (χ0v) is 16.2. The van der Waals surface area contributed by atoms with Crippen LogP contribution < -0.4 is 10.2 Å². The number of carbonyl (C=O) groups is 2. The van der Waals surface area contributed by atoms with Crippen LogP contribution in [0.15, 0.2) is 24.3 Å². The summed E-state index contributed by atoms with van der Waals surface area (Å²) in [4.78, 5) is 31.9. The second-order valence-electron chi connectivity index (χ2n) is 7.93. The van der Waals surface area contributed by atoms with Gasteiger partial charge in [0.15, 0.2) is 0 Å². The quantitative estimate of drug-likeness (QED) is 0.868. The van der Waals surface area contributed by atoms with Gasteiger partial charge in [0.2, 0.25) is 5.91 Å². The summed E-state index contributed by atoms with van der Waals surface area (Å²) in [5.41, 5.74) is 2.18. The van der Waals surface area contributed by atoms with Gasteiger partial charge in [-0.1, -0.05) is 18.2 Å². The van der Waals surface area contributed by atoms with E-state index < -0.39 is 11.6 Å².